The molecule has 0 bridgehead atoms. The van der Waals surface area contributed by atoms with Crippen molar-refractivity contribution in [2.24, 2.45) is 0 Å². The van der Waals surface area contributed by atoms with Gasteiger partial charge in [-0.05, 0) is 42.7 Å². The highest BCUT2D eigenvalue weighted by Gasteiger charge is 2.31. The van der Waals surface area contributed by atoms with E-state index in [2.05, 4.69) is 5.32 Å². The third-order valence-corrected chi connectivity index (χ3v) is 4.80. The maximum absolute atomic E-state index is 14.0. The van der Waals surface area contributed by atoms with Gasteiger partial charge in [-0.25, -0.2) is 4.39 Å². The smallest absolute Gasteiger partial charge is 0.234 e. The van der Waals surface area contributed by atoms with E-state index >= 15 is 0 Å². The lowest BCUT2D eigenvalue weighted by Gasteiger charge is -2.22. The van der Waals surface area contributed by atoms with Gasteiger partial charge in [-0.3, -0.25) is 9.69 Å². The van der Waals surface area contributed by atoms with E-state index in [4.69, 9.17) is 23.2 Å². The highest BCUT2D eigenvalue weighted by atomic mass is 35.5. The normalized spacial score (nSPS) is 13.9. The number of hydrogen-bond donors (Lipinski definition) is 1. The van der Waals surface area contributed by atoms with Crippen LogP contribution in [0, 0.1) is 5.82 Å². The lowest BCUT2D eigenvalue weighted by molar-refractivity contribution is -0.122. The summed E-state index contributed by atoms with van der Waals surface area (Å²) in [7, 11) is 0. The molecule has 1 N–H and O–H groups in total. The first-order valence-corrected chi connectivity index (χ1v) is 8.96. The van der Waals surface area contributed by atoms with Crippen molar-refractivity contribution in [1.82, 2.24) is 10.2 Å². The summed E-state index contributed by atoms with van der Waals surface area (Å²) in [5.41, 5.74) is 1.38. The monoisotopic (exact) mass is 380 g/mol. The van der Waals surface area contributed by atoms with E-state index < -0.39 is 0 Å². The predicted molar refractivity (Wildman–Crippen MR) is 98.1 cm³/mol. The minimum absolute atomic E-state index is 0.0978. The molecule has 0 heterocycles. The van der Waals surface area contributed by atoms with Gasteiger partial charge in [-0.2, -0.15) is 0 Å². The van der Waals surface area contributed by atoms with Crippen LogP contribution in [0.4, 0.5) is 4.39 Å². The second kappa shape index (κ2) is 8.17. The maximum atomic E-state index is 14.0. The Labute approximate surface area is 156 Å². The Kier molecular flexibility index (Phi) is 5.94. The zero-order valence-corrected chi connectivity index (χ0v) is 15.2. The Balaban J connectivity index is 1.59. The molecule has 1 saturated carbocycles. The van der Waals surface area contributed by atoms with Crippen molar-refractivity contribution in [3.8, 4) is 0 Å². The van der Waals surface area contributed by atoms with Crippen LogP contribution in [0.5, 0.6) is 0 Å². The molecule has 1 amide bonds. The van der Waals surface area contributed by atoms with E-state index in [9.17, 15) is 9.18 Å². The van der Waals surface area contributed by atoms with Crippen molar-refractivity contribution in [2.75, 3.05) is 6.54 Å². The van der Waals surface area contributed by atoms with Gasteiger partial charge in [0.15, 0.2) is 0 Å². The van der Waals surface area contributed by atoms with Gasteiger partial charge in [0.2, 0.25) is 5.91 Å². The van der Waals surface area contributed by atoms with Crippen LogP contribution in [-0.2, 0) is 17.9 Å². The largest absolute Gasteiger partial charge is 0.351 e. The summed E-state index contributed by atoms with van der Waals surface area (Å²) in [5, 5.41) is 3.92. The van der Waals surface area contributed by atoms with Crippen molar-refractivity contribution >= 4 is 29.1 Å². The van der Waals surface area contributed by atoms with Gasteiger partial charge in [0.05, 0.1) is 6.54 Å². The lowest BCUT2D eigenvalue weighted by Crippen LogP contribution is -2.38. The fourth-order valence-corrected chi connectivity index (χ4v) is 3.16. The first-order valence-electron chi connectivity index (χ1n) is 8.21. The quantitative estimate of drug-likeness (QED) is 0.771. The molecule has 1 aliphatic rings. The van der Waals surface area contributed by atoms with Crippen LogP contribution in [-0.4, -0.2) is 23.4 Å². The zero-order chi connectivity index (χ0) is 17.8. The molecule has 0 spiro atoms. The zero-order valence-electron chi connectivity index (χ0n) is 13.6. The number of amides is 1. The number of benzene rings is 2. The van der Waals surface area contributed by atoms with Gasteiger partial charge >= 0.3 is 0 Å². The Hall–Kier alpha value is -1.62. The van der Waals surface area contributed by atoms with E-state index in [1.807, 2.05) is 23.1 Å². The van der Waals surface area contributed by atoms with Crippen LogP contribution >= 0.6 is 23.2 Å². The first-order chi connectivity index (χ1) is 12.0. The molecule has 1 aliphatic carbocycles. The molecule has 132 valence electrons. The van der Waals surface area contributed by atoms with Gasteiger partial charge < -0.3 is 5.32 Å². The molecule has 0 saturated heterocycles. The minimum Gasteiger partial charge on any atom is -0.351 e. The fourth-order valence-electron chi connectivity index (χ4n) is 2.73. The SMILES string of the molecule is O=C(CN(Cc1c(F)cccc1Cl)C1CC1)NCc1cccc(Cl)c1. The number of carbonyl (C=O) groups is 1. The van der Waals surface area contributed by atoms with Crippen molar-refractivity contribution in [2.45, 2.75) is 32.0 Å². The van der Waals surface area contributed by atoms with Gasteiger partial charge in [0, 0.05) is 34.7 Å². The van der Waals surface area contributed by atoms with Crippen LogP contribution in [0.15, 0.2) is 42.5 Å². The van der Waals surface area contributed by atoms with Crippen LogP contribution in [0.25, 0.3) is 0 Å². The molecule has 0 aliphatic heterocycles. The fraction of sp³-hybridized carbons (Fsp3) is 0.316. The Morgan fingerprint density at radius 3 is 2.64 bits per heavy atom. The van der Waals surface area contributed by atoms with E-state index in [0.29, 0.717) is 34.7 Å². The predicted octanol–water partition coefficient (Wildman–Crippen LogP) is 4.41. The highest BCUT2D eigenvalue weighted by Crippen LogP contribution is 2.30. The number of nitrogens with zero attached hydrogens (tertiary/aromatic N) is 1. The second-order valence-electron chi connectivity index (χ2n) is 6.24. The molecule has 6 heteroatoms. The van der Waals surface area contributed by atoms with Crippen LogP contribution in [0.2, 0.25) is 10.0 Å². The average molecular weight is 381 g/mol. The highest BCUT2D eigenvalue weighted by molar-refractivity contribution is 6.31. The molecule has 25 heavy (non-hydrogen) atoms. The summed E-state index contributed by atoms with van der Waals surface area (Å²) in [5.74, 6) is -0.433. The number of hydrogen-bond acceptors (Lipinski definition) is 2. The van der Waals surface area contributed by atoms with Crippen LogP contribution in [0.3, 0.4) is 0 Å². The standard InChI is InChI=1S/C19H19Cl2FN2O/c20-14-4-1-3-13(9-14)10-23-19(25)12-24(15-7-8-15)11-16-17(21)5-2-6-18(16)22/h1-6,9,15H,7-8,10-12H2,(H,23,25). The molecular formula is C19H19Cl2FN2O. The van der Waals surface area contributed by atoms with Crippen molar-refractivity contribution in [1.29, 1.82) is 0 Å². The Bertz CT molecular complexity index is 745. The van der Waals surface area contributed by atoms with E-state index in [0.717, 1.165) is 18.4 Å². The molecular weight excluding hydrogens is 362 g/mol. The molecule has 0 aromatic heterocycles. The first kappa shape index (κ1) is 18.2. The van der Waals surface area contributed by atoms with E-state index in [-0.39, 0.29) is 18.3 Å². The van der Waals surface area contributed by atoms with Crippen molar-refractivity contribution < 1.29 is 9.18 Å². The number of carbonyl (C=O) groups excluding carboxylic acids is 1. The summed E-state index contributed by atoms with van der Waals surface area (Å²) >= 11 is 12.1. The molecule has 2 aromatic rings. The second-order valence-corrected chi connectivity index (χ2v) is 7.09. The molecule has 0 unspecified atom stereocenters. The third kappa shape index (κ3) is 5.18. The van der Waals surface area contributed by atoms with E-state index in [1.54, 1.807) is 18.2 Å². The molecule has 3 nitrogen and oxygen atoms in total. The van der Waals surface area contributed by atoms with Crippen molar-refractivity contribution in [3.63, 3.8) is 0 Å². The topological polar surface area (TPSA) is 32.3 Å². The number of halogens is 3. The summed E-state index contributed by atoms with van der Waals surface area (Å²) in [4.78, 5) is 14.3. The summed E-state index contributed by atoms with van der Waals surface area (Å²) in [6, 6.07) is 12.3. The molecule has 0 atom stereocenters. The maximum Gasteiger partial charge on any atom is 0.234 e. The van der Waals surface area contributed by atoms with Gasteiger partial charge in [-0.15, -0.1) is 0 Å². The van der Waals surface area contributed by atoms with Gasteiger partial charge in [0.25, 0.3) is 0 Å². The third-order valence-electron chi connectivity index (χ3n) is 4.21. The van der Waals surface area contributed by atoms with Crippen molar-refractivity contribution in [3.05, 3.63) is 69.5 Å². The number of nitrogens with one attached hydrogen (secondary N) is 1. The average Bonchev–Trinajstić information content (AvgIpc) is 3.40. The molecule has 1 fully saturated rings. The lowest BCUT2D eigenvalue weighted by atomic mass is 10.2. The van der Waals surface area contributed by atoms with Crippen LogP contribution in [0.1, 0.15) is 24.0 Å². The minimum atomic E-state index is -0.336. The molecule has 3 rings (SSSR count). The summed E-state index contributed by atoms with van der Waals surface area (Å²) < 4.78 is 14.0. The molecule has 0 radical (unpaired) electrons. The Morgan fingerprint density at radius 2 is 1.96 bits per heavy atom. The van der Waals surface area contributed by atoms with E-state index in [1.165, 1.54) is 6.07 Å². The summed E-state index contributed by atoms with van der Waals surface area (Å²) in [6.07, 6.45) is 2.04. The molecule has 2 aromatic carbocycles. The number of rotatable bonds is 7. The summed E-state index contributed by atoms with van der Waals surface area (Å²) in [6.45, 7) is 0.967. The Morgan fingerprint density at radius 1 is 1.20 bits per heavy atom. The van der Waals surface area contributed by atoms with Gasteiger partial charge in [0.1, 0.15) is 5.82 Å². The van der Waals surface area contributed by atoms with Gasteiger partial charge in [-0.1, -0.05) is 41.4 Å². The van der Waals surface area contributed by atoms with Crippen LogP contribution < -0.4 is 5.32 Å².